The van der Waals surface area contributed by atoms with Crippen molar-refractivity contribution in [2.24, 2.45) is 0 Å². The van der Waals surface area contributed by atoms with Gasteiger partial charge in [0, 0.05) is 61.8 Å². The maximum Gasteiger partial charge on any atom is 0.243 e. The molecule has 2 aromatic heterocycles. The number of amides is 2. The van der Waals surface area contributed by atoms with Crippen LogP contribution >= 0.6 is 23.2 Å². The summed E-state index contributed by atoms with van der Waals surface area (Å²) in [5, 5.41) is 12.0. The molecule has 3 atom stereocenters. The molecule has 3 N–H and O–H groups in total. The van der Waals surface area contributed by atoms with E-state index in [1.807, 2.05) is 12.1 Å². The number of pyridine rings is 2. The van der Waals surface area contributed by atoms with Crippen molar-refractivity contribution in [3.63, 3.8) is 0 Å². The number of carbonyl (C=O) groups excluding carboxylic acids is 2. The standard InChI is InChI=1S/C30H34Cl2N6O5/c1-5-26(40)36-22-15-38(16(2)39)14-21(22)35-25-10-19-17(12-33-25)9-20(37-30(19)34-13-18-7-6-8-43-18)27-28(31)23(41-3)11-24(42-4)29(27)32/h5,9-12,18,21-22H,1,6-8,13-15H2,2-4H3,(H,33,35)(H,34,37)(H,36,40)/t18?,21-,22+/m1/s1. The summed E-state index contributed by atoms with van der Waals surface area (Å²) in [6.07, 6.45) is 4.97. The first kappa shape index (κ1) is 30.7. The molecule has 0 aliphatic carbocycles. The third kappa shape index (κ3) is 6.58. The first-order valence-corrected chi connectivity index (χ1v) is 14.7. The second kappa shape index (κ2) is 13.2. The Kier molecular flexibility index (Phi) is 9.43. The average Bonchev–Trinajstić information content (AvgIpc) is 3.66. The molecule has 1 unspecified atom stereocenters. The second-order valence-electron chi connectivity index (χ2n) is 10.4. The van der Waals surface area contributed by atoms with Crippen molar-refractivity contribution in [1.29, 1.82) is 0 Å². The lowest BCUT2D eigenvalue weighted by molar-refractivity contribution is -0.128. The number of fused-ring (bicyclic) bond motifs is 1. The number of aromatic nitrogens is 2. The van der Waals surface area contributed by atoms with Crippen LogP contribution in [0.1, 0.15) is 19.8 Å². The molecule has 11 nitrogen and oxygen atoms in total. The van der Waals surface area contributed by atoms with Gasteiger partial charge in [0.1, 0.15) is 23.1 Å². The number of hydrogen-bond acceptors (Lipinski definition) is 9. The van der Waals surface area contributed by atoms with Crippen molar-refractivity contribution in [2.75, 3.05) is 51.1 Å². The minimum Gasteiger partial charge on any atom is -0.495 e. The van der Waals surface area contributed by atoms with Crippen LogP contribution in [-0.2, 0) is 14.3 Å². The number of benzene rings is 1. The number of rotatable bonds is 10. The summed E-state index contributed by atoms with van der Waals surface area (Å²) < 4.78 is 16.8. The number of hydrogen-bond donors (Lipinski definition) is 3. The number of nitrogens with zero attached hydrogens (tertiary/aromatic N) is 3. The zero-order chi connectivity index (χ0) is 30.7. The molecule has 2 aliphatic heterocycles. The van der Waals surface area contributed by atoms with Gasteiger partial charge in [-0.2, -0.15) is 0 Å². The monoisotopic (exact) mass is 628 g/mol. The van der Waals surface area contributed by atoms with Gasteiger partial charge in [-0.05, 0) is 31.1 Å². The molecule has 0 radical (unpaired) electrons. The summed E-state index contributed by atoms with van der Waals surface area (Å²) in [7, 11) is 3.04. The Morgan fingerprint density at radius 1 is 1.14 bits per heavy atom. The highest BCUT2D eigenvalue weighted by Gasteiger charge is 2.35. The lowest BCUT2D eigenvalue weighted by Gasteiger charge is -2.21. The van der Waals surface area contributed by atoms with Crippen molar-refractivity contribution in [1.82, 2.24) is 20.2 Å². The summed E-state index contributed by atoms with van der Waals surface area (Å²) in [4.78, 5) is 35.5. The number of nitrogens with one attached hydrogen (secondary N) is 3. The first-order valence-electron chi connectivity index (χ1n) is 13.9. The maximum absolute atomic E-state index is 12.1. The molecule has 5 rings (SSSR count). The van der Waals surface area contributed by atoms with E-state index >= 15 is 0 Å². The van der Waals surface area contributed by atoms with Crippen molar-refractivity contribution in [3.8, 4) is 22.8 Å². The van der Waals surface area contributed by atoms with Crippen LogP contribution in [0.5, 0.6) is 11.5 Å². The minimum atomic E-state index is -0.322. The summed E-state index contributed by atoms with van der Waals surface area (Å²) >= 11 is 13.5. The fourth-order valence-electron chi connectivity index (χ4n) is 5.40. The molecule has 2 fully saturated rings. The number of anilines is 2. The number of ether oxygens (including phenoxy) is 3. The Hall–Kier alpha value is -3.80. The van der Waals surface area contributed by atoms with Crippen molar-refractivity contribution >= 4 is 57.4 Å². The van der Waals surface area contributed by atoms with Gasteiger partial charge in [0.2, 0.25) is 11.8 Å². The Morgan fingerprint density at radius 3 is 2.49 bits per heavy atom. The Bertz CT molecular complexity index is 1520. The van der Waals surface area contributed by atoms with E-state index < -0.39 is 0 Å². The van der Waals surface area contributed by atoms with E-state index in [9.17, 15) is 9.59 Å². The first-order chi connectivity index (χ1) is 20.7. The van der Waals surface area contributed by atoms with Crippen LogP contribution in [0, 0.1) is 0 Å². The van der Waals surface area contributed by atoms with Gasteiger partial charge >= 0.3 is 0 Å². The summed E-state index contributed by atoms with van der Waals surface area (Å²) in [5.74, 6) is 1.58. The van der Waals surface area contributed by atoms with Gasteiger partial charge in [-0.15, -0.1) is 0 Å². The predicted molar refractivity (Wildman–Crippen MR) is 167 cm³/mol. The van der Waals surface area contributed by atoms with E-state index in [1.54, 1.807) is 17.2 Å². The van der Waals surface area contributed by atoms with Crippen LogP contribution < -0.4 is 25.4 Å². The third-order valence-corrected chi connectivity index (χ3v) is 8.43. The molecule has 43 heavy (non-hydrogen) atoms. The number of carbonyl (C=O) groups is 2. The van der Waals surface area contributed by atoms with Crippen LogP contribution in [0.3, 0.4) is 0 Å². The van der Waals surface area contributed by atoms with Gasteiger partial charge in [-0.1, -0.05) is 29.8 Å². The Labute approximate surface area is 259 Å². The van der Waals surface area contributed by atoms with Crippen LogP contribution in [0.25, 0.3) is 22.0 Å². The van der Waals surface area contributed by atoms with E-state index in [0.717, 1.165) is 30.2 Å². The van der Waals surface area contributed by atoms with Crippen LogP contribution in [0.15, 0.2) is 37.1 Å². The van der Waals surface area contributed by atoms with E-state index in [1.165, 1.54) is 27.2 Å². The average molecular weight is 630 g/mol. The predicted octanol–water partition coefficient (Wildman–Crippen LogP) is 4.53. The normalized spacial score (nSPS) is 19.7. The van der Waals surface area contributed by atoms with Crippen LogP contribution in [-0.4, -0.2) is 85.3 Å². The Morgan fingerprint density at radius 2 is 1.86 bits per heavy atom. The summed E-state index contributed by atoms with van der Waals surface area (Å²) in [5.41, 5.74) is 0.983. The fraction of sp³-hybridized carbons (Fsp3) is 0.400. The second-order valence-corrected chi connectivity index (χ2v) is 11.2. The molecule has 0 spiro atoms. The molecular formula is C30H34Cl2N6O5. The lowest BCUT2D eigenvalue weighted by Crippen LogP contribution is -2.45. The molecule has 228 valence electrons. The molecule has 13 heteroatoms. The molecule has 0 bridgehead atoms. The highest BCUT2D eigenvalue weighted by Crippen LogP contribution is 2.46. The molecular weight excluding hydrogens is 595 g/mol. The smallest absolute Gasteiger partial charge is 0.243 e. The van der Waals surface area contributed by atoms with Crippen molar-refractivity contribution in [2.45, 2.75) is 38.0 Å². The van der Waals surface area contributed by atoms with E-state index in [2.05, 4.69) is 27.5 Å². The van der Waals surface area contributed by atoms with Gasteiger partial charge in [-0.3, -0.25) is 9.59 Å². The zero-order valence-electron chi connectivity index (χ0n) is 24.2. The SMILES string of the molecule is C=CC(=O)N[C@H]1CN(C(C)=O)C[C@H]1Nc1cc2c(NCC3CCCO3)nc(-c3c(Cl)c(OC)cc(OC)c3Cl)cc2cn1. The van der Waals surface area contributed by atoms with E-state index in [-0.39, 0.29) is 30.0 Å². The summed E-state index contributed by atoms with van der Waals surface area (Å²) in [6, 6.07) is 4.79. The van der Waals surface area contributed by atoms with E-state index in [0.29, 0.717) is 64.1 Å². The van der Waals surface area contributed by atoms with Crippen LogP contribution in [0.4, 0.5) is 11.6 Å². The molecule has 2 amide bonds. The summed E-state index contributed by atoms with van der Waals surface area (Å²) in [6.45, 7) is 7.13. The Balaban J connectivity index is 1.54. The highest BCUT2D eigenvalue weighted by atomic mass is 35.5. The number of methoxy groups -OCH3 is 2. The van der Waals surface area contributed by atoms with Gasteiger partial charge in [0.05, 0.1) is 48.1 Å². The third-order valence-electron chi connectivity index (χ3n) is 7.68. The molecule has 1 aromatic carbocycles. The quantitative estimate of drug-likeness (QED) is 0.278. The lowest BCUT2D eigenvalue weighted by atomic mass is 10.1. The molecule has 3 aromatic rings. The van der Waals surface area contributed by atoms with Gasteiger partial charge in [-0.25, -0.2) is 9.97 Å². The largest absolute Gasteiger partial charge is 0.495 e. The topological polar surface area (TPSA) is 127 Å². The maximum atomic E-state index is 12.1. The molecule has 2 aliphatic rings. The van der Waals surface area contributed by atoms with Crippen molar-refractivity contribution < 1.29 is 23.8 Å². The zero-order valence-corrected chi connectivity index (χ0v) is 25.7. The molecule has 2 saturated heterocycles. The van der Waals surface area contributed by atoms with Gasteiger partial charge < -0.3 is 35.1 Å². The molecule has 4 heterocycles. The van der Waals surface area contributed by atoms with Crippen molar-refractivity contribution in [3.05, 3.63) is 47.1 Å². The van der Waals surface area contributed by atoms with Gasteiger partial charge in [0.15, 0.2) is 0 Å². The van der Waals surface area contributed by atoms with Gasteiger partial charge in [0.25, 0.3) is 0 Å². The number of likely N-dealkylation sites (tertiary alicyclic amines) is 1. The van der Waals surface area contributed by atoms with E-state index in [4.69, 9.17) is 42.4 Å². The molecule has 0 saturated carbocycles. The fourth-order valence-corrected chi connectivity index (χ4v) is 6.09. The highest BCUT2D eigenvalue weighted by molar-refractivity contribution is 6.41. The van der Waals surface area contributed by atoms with Crippen LogP contribution in [0.2, 0.25) is 10.0 Å². The number of halogens is 2. The minimum absolute atomic E-state index is 0.0642.